The Bertz CT molecular complexity index is 405. The molecule has 2 unspecified atom stereocenters. The van der Waals surface area contributed by atoms with Crippen molar-refractivity contribution in [3.63, 3.8) is 0 Å². The Morgan fingerprint density at radius 2 is 2.10 bits per heavy atom. The predicted molar refractivity (Wildman–Crippen MR) is 83.5 cm³/mol. The number of methoxy groups -OCH3 is 1. The average molecular weight is 293 g/mol. The smallest absolute Gasteiger partial charge is 0.118 e. The Balaban J connectivity index is 1.64. The molecule has 1 fully saturated rings. The lowest BCUT2D eigenvalue weighted by atomic mass is 9.93. The molecule has 118 valence electrons. The van der Waals surface area contributed by atoms with Gasteiger partial charge in [-0.2, -0.15) is 0 Å². The second-order valence-electron chi connectivity index (χ2n) is 5.84. The molecule has 4 heteroatoms. The zero-order chi connectivity index (χ0) is 15.1. The summed E-state index contributed by atoms with van der Waals surface area (Å²) >= 11 is 0. The van der Waals surface area contributed by atoms with Gasteiger partial charge in [-0.05, 0) is 49.9 Å². The molecule has 0 radical (unpaired) electrons. The largest absolute Gasteiger partial charge is 0.497 e. The van der Waals surface area contributed by atoms with Crippen LogP contribution in [0.5, 0.6) is 5.75 Å². The van der Waals surface area contributed by atoms with E-state index >= 15 is 0 Å². The highest BCUT2D eigenvalue weighted by molar-refractivity contribution is 5.26. The Hall–Kier alpha value is -1.10. The molecule has 1 aliphatic rings. The van der Waals surface area contributed by atoms with E-state index in [0.717, 1.165) is 44.0 Å². The number of piperidine rings is 1. The molecule has 2 atom stereocenters. The zero-order valence-corrected chi connectivity index (χ0v) is 13.1. The summed E-state index contributed by atoms with van der Waals surface area (Å²) in [7, 11) is 1.67. The van der Waals surface area contributed by atoms with E-state index < -0.39 is 0 Å². The first kappa shape index (κ1) is 16.3. The third-order valence-corrected chi connectivity index (χ3v) is 4.20. The summed E-state index contributed by atoms with van der Waals surface area (Å²) in [5.41, 5.74) is 1.16. The number of hydrogen-bond donors (Lipinski definition) is 1. The van der Waals surface area contributed by atoms with Gasteiger partial charge in [0.05, 0.1) is 26.4 Å². The minimum Gasteiger partial charge on any atom is -0.497 e. The topological polar surface area (TPSA) is 41.9 Å². The lowest BCUT2D eigenvalue weighted by Gasteiger charge is -2.33. The zero-order valence-electron chi connectivity index (χ0n) is 13.1. The minimum absolute atomic E-state index is 0.201. The average Bonchev–Trinajstić information content (AvgIpc) is 2.52. The van der Waals surface area contributed by atoms with Crippen molar-refractivity contribution in [3.05, 3.63) is 29.8 Å². The van der Waals surface area contributed by atoms with E-state index in [2.05, 4.69) is 4.90 Å². The molecule has 1 saturated heterocycles. The Morgan fingerprint density at radius 3 is 2.76 bits per heavy atom. The summed E-state index contributed by atoms with van der Waals surface area (Å²) in [6.07, 6.45) is 2.11. The van der Waals surface area contributed by atoms with Crippen molar-refractivity contribution in [1.82, 2.24) is 4.90 Å². The first-order chi connectivity index (χ1) is 10.2. The van der Waals surface area contributed by atoms with Gasteiger partial charge in [0, 0.05) is 13.1 Å². The monoisotopic (exact) mass is 293 g/mol. The number of aliphatic hydroxyl groups excluding tert-OH is 1. The summed E-state index contributed by atoms with van der Waals surface area (Å²) < 4.78 is 10.9. The lowest BCUT2D eigenvalue weighted by molar-refractivity contribution is 0.0398. The van der Waals surface area contributed by atoms with Crippen LogP contribution in [0.4, 0.5) is 0 Å². The molecule has 2 rings (SSSR count). The van der Waals surface area contributed by atoms with Gasteiger partial charge in [0.1, 0.15) is 5.75 Å². The Morgan fingerprint density at radius 1 is 1.33 bits per heavy atom. The quantitative estimate of drug-likeness (QED) is 0.783. The second kappa shape index (κ2) is 8.37. The van der Waals surface area contributed by atoms with Gasteiger partial charge in [-0.1, -0.05) is 12.1 Å². The molecule has 1 N–H and O–H groups in total. The van der Waals surface area contributed by atoms with Crippen molar-refractivity contribution >= 4 is 0 Å². The number of rotatable bonds is 7. The number of benzene rings is 1. The van der Waals surface area contributed by atoms with E-state index in [0.29, 0.717) is 12.5 Å². The predicted octanol–water partition coefficient (Wildman–Crippen LogP) is 2.30. The van der Waals surface area contributed by atoms with Crippen LogP contribution in [-0.4, -0.2) is 49.5 Å². The molecular weight excluding hydrogens is 266 g/mol. The molecule has 0 aromatic heterocycles. The van der Waals surface area contributed by atoms with Gasteiger partial charge < -0.3 is 19.5 Å². The van der Waals surface area contributed by atoms with Crippen LogP contribution in [0.3, 0.4) is 0 Å². The van der Waals surface area contributed by atoms with Crippen molar-refractivity contribution in [3.8, 4) is 5.75 Å². The van der Waals surface area contributed by atoms with Crippen molar-refractivity contribution in [2.45, 2.75) is 32.5 Å². The highest BCUT2D eigenvalue weighted by Crippen LogP contribution is 2.19. The van der Waals surface area contributed by atoms with E-state index in [4.69, 9.17) is 9.47 Å². The molecule has 1 aromatic carbocycles. The van der Waals surface area contributed by atoms with Crippen LogP contribution in [0.25, 0.3) is 0 Å². The van der Waals surface area contributed by atoms with Gasteiger partial charge in [0.2, 0.25) is 0 Å². The first-order valence-corrected chi connectivity index (χ1v) is 7.80. The summed E-state index contributed by atoms with van der Waals surface area (Å²) in [5.74, 6) is 1.29. The van der Waals surface area contributed by atoms with Crippen LogP contribution >= 0.6 is 0 Å². The van der Waals surface area contributed by atoms with Crippen molar-refractivity contribution in [2.24, 2.45) is 5.92 Å². The summed E-state index contributed by atoms with van der Waals surface area (Å²) in [6.45, 7) is 6.32. The molecule has 0 amide bonds. The third kappa shape index (κ3) is 5.30. The highest BCUT2D eigenvalue weighted by atomic mass is 16.5. The van der Waals surface area contributed by atoms with Crippen molar-refractivity contribution in [2.75, 3.05) is 33.4 Å². The summed E-state index contributed by atoms with van der Waals surface area (Å²) in [4.78, 5) is 2.40. The second-order valence-corrected chi connectivity index (χ2v) is 5.84. The van der Waals surface area contributed by atoms with E-state index in [1.807, 2.05) is 31.2 Å². The molecule has 4 nitrogen and oxygen atoms in total. The summed E-state index contributed by atoms with van der Waals surface area (Å²) in [5, 5.41) is 9.69. The van der Waals surface area contributed by atoms with Gasteiger partial charge >= 0.3 is 0 Å². The maximum Gasteiger partial charge on any atom is 0.118 e. The van der Waals surface area contributed by atoms with E-state index in [9.17, 15) is 5.11 Å². The standard InChI is InChI=1S/C17H27NO3/c1-14(19)16-4-3-9-18(12-16)10-11-21-13-15-5-7-17(20-2)8-6-15/h5-8,14,16,19H,3-4,9-13H2,1-2H3. The molecule has 0 bridgehead atoms. The fourth-order valence-electron chi connectivity index (χ4n) is 2.79. The number of aliphatic hydroxyl groups is 1. The van der Waals surface area contributed by atoms with Gasteiger partial charge in [0.15, 0.2) is 0 Å². The number of ether oxygens (including phenoxy) is 2. The molecule has 1 aliphatic heterocycles. The molecule has 1 aromatic rings. The lowest BCUT2D eigenvalue weighted by Crippen LogP contribution is -2.41. The van der Waals surface area contributed by atoms with Crippen LogP contribution in [0.1, 0.15) is 25.3 Å². The van der Waals surface area contributed by atoms with Gasteiger partial charge in [-0.15, -0.1) is 0 Å². The molecule has 21 heavy (non-hydrogen) atoms. The van der Waals surface area contributed by atoms with Crippen LogP contribution in [0, 0.1) is 5.92 Å². The first-order valence-electron chi connectivity index (χ1n) is 7.80. The molecule has 0 spiro atoms. The third-order valence-electron chi connectivity index (χ3n) is 4.20. The van der Waals surface area contributed by atoms with Crippen molar-refractivity contribution in [1.29, 1.82) is 0 Å². The molecule has 0 aliphatic carbocycles. The van der Waals surface area contributed by atoms with Crippen LogP contribution in [0.15, 0.2) is 24.3 Å². The van der Waals surface area contributed by atoms with Crippen molar-refractivity contribution < 1.29 is 14.6 Å². The number of nitrogens with zero attached hydrogens (tertiary/aromatic N) is 1. The summed E-state index contributed by atoms with van der Waals surface area (Å²) in [6, 6.07) is 7.97. The minimum atomic E-state index is -0.201. The van der Waals surface area contributed by atoms with E-state index in [-0.39, 0.29) is 6.10 Å². The Kier molecular flexibility index (Phi) is 6.49. The van der Waals surface area contributed by atoms with Gasteiger partial charge in [0.25, 0.3) is 0 Å². The fourth-order valence-corrected chi connectivity index (χ4v) is 2.79. The molecule has 0 saturated carbocycles. The SMILES string of the molecule is COc1ccc(COCCN2CCCC(C(C)O)C2)cc1. The van der Waals surface area contributed by atoms with Crippen LogP contribution in [-0.2, 0) is 11.3 Å². The van der Waals surface area contributed by atoms with E-state index in [1.54, 1.807) is 7.11 Å². The fraction of sp³-hybridized carbons (Fsp3) is 0.647. The van der Waals surface area contributed by atoms with Crippen LogP contribution < -0.4 is 4.74 Å². The molecular formula is C17H27NO3. The number of likely N-dealkylation sites (tertiary alicyclic amines) is 1. The molecule has 1 heterocycles. The normalized spacial score (nSPS) is 21.2. The highest BCUT2D eigenvalue weighted by Gasteiger charge is 2.22. The van der Waals surface area contributed by atoms with Gasteiger partial charge in [-0.3, -0.25) is 0 Å². The maximum atomic E-state index is 9.69. The number of hydrogen-bond acceptors (Lipinski definition) is 4. The Labute approximate surface area is 127 Å². The van der Waals surface area contributed by atoms with E-state index in [1.165, 1.54) is 6.42 Å². The van der Waals surface area contributed by atoms with Gasteiger partial charge in [-0.25, -0.2) is 0 Å². The van der Waals surface area contributed by atoms with Crippen LogP contribution in [0.2, 0.25) is 0 Å². The maximum absolute atomic E-state index is 9.69.